The van der Waals surface area contributed by atoms with E-state index in [4.69, 9.17) is 9.47 Å². The zero-order valence-corrected chi connectivity index (χ0v) is 17.4. The molecule has 1 aliphatic rings. The summed E-state index contributed by atoms with van der Waals surface area (Å²) in [5.74, 6) is -0.201. The van der Waals surface area contributed by atoms with Gasteiger partial charge < -0.3 is 20.1 Å². The number of carbonyl (C=O) groups is 3. The molecule has 0 aromatic heterocycles. The minimum atomic E-state index is -0.648. The molecule has 2 N–H and O–H groups in total. The molecule has 0 aliphatic heterocycles. The van der Waals surface area contributed by atoms with Gasteiger partial charge in [-0.3, -0.25) is 14.4 Å². The Morgan fingerprint density at radius 2 is 1.83 bits per heavy atom. The third-order valence-corrected chi connectivity index (χ3v) is 5.10. The van der Waals surface area contributed by atoms with Crippen molar-refractivity contribution in [2.45, 2.75) is 58.4 Å². The molecule has 1 aliphatic carbocycles. The third kappa shape index (κ3) is 8.13. The van der Waals surface area contributed by atoms with Crippen LogP contribution in [0.3, 0.4) is 0 Å². The zero-order chi connectivity index (χ0) is 21.1. The molecule has 0 saturated heterocycles. The van der Waals surface area contributed by atoms with Gasteiger partial charge in [0.05, 0.1) is 6.61 Å². The van der Waals surface area contributed by atoms with E-state index in [1.165, 1.54) is 6.42 Å². The highest BCUT2D eigenvalue weighted by Gasteiger charge is 2.23. The summed E-state index contributed by atoms with van der Waals surface area (Å²) in [7, 11) is 0. The molecule has 7 heteroatoms. The average Bonchev–Trinajstić information content (AvgIpc) is 2.73. The first-order valence-electron chi connectivity index (χ1n) is 10.5. The topological polar surface area (TPSA) is 93.7 Å². The van der Waals surface area contributed by atoms with E-state index in [0.717, 1.165) is 32.1 Å². The van der Waals surface area contributed by atoms with Gasteiger partial charge in [-0.25, -0.2) is 0 Å². The van der Waals surface area contributed by atoms with Crippen molar-refractivity contribution >= 4 is 17.8 Å². The normalized spacial score (nSPS) is 18.6. The zero-order valence-electron chi connectivity index (χ0n) is 17.4. The molecule has 1 saturated carbocycles. The van der Waals surface area contributed by atoms with Crippen molar-refractivity contribution in [2.24, 2.45) is 5.92 Å². The second kappa shape index (κ2) is 12.1. The molecule has 0 unspecified atom stereocenters. The molecular weight excluding hydrogens is 372 g/mol. The van der Waals surface area contributed by atoms with Crippen LogP contribution in [0, 0.1) is 5.92 Å². The Hall–Kier alpha value is -2.57. The molecule has 7 nitrogen and oxygen atoms in total. The summed E-state index contributed by atoms with van der Waals surface area (Å²) in [6.45, 7) is 4.23. The second-order valence-corrected chi connectivity index (χ2v) is 7.51. The van der Waals surface area contributed by atoms with Gasteiger partial charge in [0.2, 0.25) is 0 Å². The molecule has 0 bridgehead atoms. The molecule has 2 atom stereocenters. The number of esters is 1. The van der Waals surface area contributed by atoms with Crippen molar-refractivity contribution in [3.63, 3.8) is 0 Å². The minimum Gasteiger partial charge on any atom is -0.494 e. The molecule has 1 aromatic rings. The molecule has 2 amide bonds. The van der Waals surface area contributed by atoms with Gasteiger partial charge in [0.15, 0.2) is 6.61 Å². The Morgan fingerprint density at radius 1 is 1.10 bits per heavy atom. The quantitative estimate of drug-likeness (QED) is 0.462. The maximum Gasteiger partial charge on any atom is 0.325 e. The maximum absolute atomic E-state index is 12.1. The number of rotatable bonds is 10. The Kier molecular flexibility index (Phi) is 9.47. The lowest BCUT2D eigenvalue weighted by Gasteiger charge is -2.29. The summed E-state index contributed by atoms with van der Waals surface area (Å²) in [5, 5.41) is 5.42. The van der Waals surface area contributed by atoms with Crippen molar-refractivity contribution in [3.8, 4) is 5.75 Å². The summed E-state index contributed by atoms with van der Waals surface area (Å²) in [5.41, 5.74) is 0.421. The summed E-state index contributed by atoms with van der Waals surface area (Å²) in [6, 6.07) is 6.86. The van der Waals surface area contributed by atoms with Gasteiger partial charge in [0.1, 0.15) is 12.3 Å². The predicted molar refractivity (Wildman–Crippen MR) is 110 cm³/mol. The minimum absolute atomic E-state index is 0.142. The summed E-state index contributed by atoms with van der Waals surface area (Å²) >= 11 is 0. The fourth-order valence-corrected chi connectivity index (χ4v) is 3.27. The van der Waals surface area contributed by atoms with E-state index < -0.39 is 5.97 Å². The molecule has 1 aromatic carbocycles. The molecule has 0 heterocycles. The van der Waals surface area contributed by atoms with Crippen LogP contribution in [0.5, 0.6) is 5.75 Å². The molecule has 2 rings (SSSR count). The van der Waals surface area contributed by atoms with Crippen LogP contribution in [-0.4, -0.2) is 43.6 Å². The van der Waals surface area contributed by atoms with Crippen LogP contribution in [0.2, 0.25) is 0 Å². The third-order valence-electron chi connectivity index (χ3n) is 5.10. The van der Waals surface area contributed by atoms with Gasteiger partial charge in [-0.05, 0) is 49.4 Å². The van der Waals surface area contributed by atoms with Crippen LogP contribution in [0.25, 0.3) is 0 Å². The van der Waals surface area contributed by atoms with Crippen molar-refractivity contribution in [1.82, 2.24) is 10.6 Å². The van der Waals surface area contributed by atoms with Gasteiger partial charge in [0.25, 0.3) is 11.8 Å². The van der Waals surface area contributed by atoms with Crippen molar-refractivity contribution in [1.29, 1.82) is 0 Å². The Bertz CT molecular complexity index is 674. The van der Waals surface area contributed by atoms with E-state index in [0.29, 0.717) is 23.8 Å². The summed E-state index contributed by atoms with van der Waals surface area (Å²) in [6.07, 6.45) is 6.38. The van der Waals surface area contributed by atoms with Crippen LogP contribution in [-0.2, 0) is 14.3 Å². The van der Waals surface area contributed by atoms with Gasteiger partial charge in [-0.2, -0.15) is 0 Å². The van der Waals surface area contributed by atoms with E-state index >= 15 is 0 Å². The predicted octanol–water partition coefficient (Wildman–Crippen LogP) is 2.83. The van der Waals surface area contributed by atoms with Crippen LogP contribution in [0.1, 0.15) is 62.7 Å². The average molecular weight is 405 g/mol. The number of benzene rings is 1. The van der Waals surface area contributed by atoms with Crippen molar-refractivity contribution < 1.29 is 23.9 Å². The fraction of sp³-hybridized carbons (Fsp3) is 0.591. The summed E-state index contributed by atoms with van der Waals surface area (Å²) < 4.78 is 10.5. The standard InChI is InChI=1S/C22H32N2O5/c1-3-4-13-28-18-11-9-17(10-12-18)22(27)23-14-21(26)29-15-20(25)24-19-8-6-5-7-16(19)2/h9-12,16,19H,3-8,13-15H2,1-2H3,(H,23,27)(H,24,25)/t16-,19-/m0/s1. The first-order chi connectivity index (χ1) is 14.0. The highest BCUT2D eigenvalue weighted by atomic mass is 16.5. The molecular formula is C22H32N2O5. The number of hydrogen-bond donors (Lipinski definition) is 2. The van der Waals surface area contributed by atoms with Crippen molar-refractivity contribution in [2.75, 3.05) is 19.8 Å². The van der Waals surface area contributed by atoms with Crippen LogP contribution >= 0.6 is 0 Å². The van der Waals surface area contributed by atoms with Crippen LogP contribution in [0.4, 0.5) is 0 Å². The van der Waals surface area contributed by atoms with Gasteiger partial charge in [0, 0.05) is 11.6 Å². The van der Waals surface area contributed by atoms with Gasteiger partial charge in [-0.15, -0.1) is 0 Å². The van der Waals surface area contributed by atoms with E-state index in [1.54, 1.807) is 24.3 Å². The number of unbranched alkanes of at least 4 members (excludes halogenated alkanes) is 1. The van der Waals surface area contributed by atoms with E-state index in [9.17, 15) is 14.4 Å². The highest BCUT2D eigenvalue weighted by Crippen LogP contribution is 2.23. The first-order valence-corrected chi connectivity index (χ1v) is 10.5. The maximum atomic E-state index is 12.1. The second-order valence-electron chi connectivity index (χ2n) is 7.51. The molecule has 0 radical (unpaired) electrons. The molecule has 29 heavy (non-hydrogen) atoms. The van der Waals surface area contributed by atoms with E-state index in [2.05, 4.69) is 24.5 Å². The number of amides is 2. The lowest BCUT2D eigenvalue weighted by Crippen LogP contribution is -2.43. The lowest BCUT2D eigenvalue weighted by atomic mass is 9.86. The number of carbonyl (C=O) groups excluding carboxylic acids is 3. The van der Waals surface area contributed by atoms with Crippen LogP contribution < -0.4 is 15.4 Å². The van der Waals surface area contributed by atoms with Gasteiger partial charge in [-0.1, -0.05) is 33.1 Å². The Labute approximate surface area is 172 Å². The number of hydrogen-bond acceptors (Lipinski definition) is 5. The van der Waals surface area contributed by atoms with Crippen LogP contribution in [0.15, 0.2) is 24.3 Å². The smallest absolute Gasteiger partial charge is 0.325 e. The monoisotopic (exact) mass is 404 g/mol. The molecule has 160 valence electrons. The molecule has 1 fully saturated rings. The molecule has 0 spiro atoms. The fourth-order valence-electron chi connectivity index (χ4n) is 3.27. The largest absolute Gasteiger partial charge is 0.494 e. The first kappa shape index (κ1) is 22.7. The lowest BCUT2D eigenvalue weighted by molar-refractivity contribution is -0.147. The summed E-state index contributed by atoms with van der Waals surface area (Å²) in [4.78, 5) is 35.9. The van der Waals surface area contributed by atoms with Crippen molar-refractivity contribution in [3.05, 3.63) is 29.8 Å². The van der Waals surface area contributed by atoms with E-state index in [-0.39, 0.29) is 31.0 Å². The Morgan fingerprint density at radius 3 is 2.52 bits per heavy atom. The number of nitrogens with one attached hydrogen (secondary N) is 2. The SMILES string of the molecule is CCCCOc1ccc(C(=O)NCC(=O)OCC(=O)N[C@H]2CCCC[C@@H]2C)cc1. The highest BCUT2D eigenvalue weighted by molar-refractivity contribution is 5.96. The van der Waals surface area contributed by atoms with E-state index in [1.807, 2.05) is 0 Å². The number of ether oxygens (including phenoxy) is 2. The Balaban J connectivity index is 1.66. The van der Waals surface area contributed by atoms with Gasteiger partial charge >= 0.3 is 5.97 Å².